The van der Waals surface area contributed by atoms with Crippen molar-refractivity contribution >= 4 is 15.9 Å². The van der Waals surface area contributed by atoms with E-state index in [0.717, 1.165) is 16.7 Å². The molecule has 2 aromatic carbocycles. The van der Waals surface area contributed by atoms with E-state index in [1.165, 1.54) is 0 Å². The molecule has 7 nitrogen and oxygen atoms in total. The predicted octanol–water partition coefficient (Wildman–Crippen LogP) is 2.48. The van der Waals surface area contributed by atoms with E-state index in [-0.39, 0.29) is 32.1 Å². The van der Waals surface area contributed by atoms with Crippen molar-refractivity contribution in [1.82, 2.24) is 14.5 Å². The highest BCUT2D eigenvalue weighted by Crippen LogP contribution is 2.28. The van der Waals surface area contributed by atoms with Crippen molar-refractivity contribution in [2.24, 2.45) is 0 Å². The van der Waals surface area contributed by atoms with E-state index < -0.39 is 15.5 Å². The summed E-state index contributed by atoms with van der Waals surface area (Å²) < 4.78 is 67.4. The minimum Gasteiger partial charge on any atom is -0.489 e. The van der Waals surface area contributed by atoms with Gasteiger partial charge >= 0.3 is 15.5 Å². The monoisotopic (exact) mass is 469 g/mol. The van der Waals surface area contributed by atoms with Crippen LogP contribution in [-0.2, 0) is 29.7 Å². The zero-order chi connectivity index (χ0) is 22.9. The molecule has 0 aliphatic carbocycles. The summed E-state index contributed by atoms with van der Waals surface area (Å²) >= 11 is 0. The van der Waals surface area contributed by atoms with Gasteiger partial charge in [-0.1, -0.05) is 30.3 Å². The fraction of sp³-hybridized carbons (Fsp3) is 0.381. The summed E-state index contributed by atoms with van der Waals surface area (Å²) in [6.07, 6.45) is 0. The van der Waals surface area contributed by atoms with Crippen LogP contribution in [0, 0.1) is 0 Å². The smallest absolute Gasteiger partial charge is 0.489 e. The van der Waals surface area contributed by atoms with Gasteiger partial charge in [-0.25, -0.2) is 8.42 Å². The fourth-order valence-corrected chi connectivity index (χ4v) is 4.73. The number of carbonyl (C=O) groups is 1. The molecule has 11 heteroatoms. The number of benzene rings is 2. The maximum atomic E-state index is 12.7. The van der Waals surface area contributed by atoms with Gasteiger partial charge in [-0.15, -0.1) is 0 Å². The molecule has 2 heterocycles. The van der Waals surface area contributed by atoms with Gasteiger partial charge in [0.15, 0.2) is 0 Å². The Morgan fingerprint density at radius 1 is 0.969 bits per heavy atom. The summed E-state index contributed by atoms with van der Waals surface area (Å²) in [6.45, 7) is 1.37. The van der Waals surface area contributed by atoms with Gasteiger partial charge in [-0.2, -0.15) is 17.5 Å². The number of nitrogens with zero attached hydrogens (tertiary/aromatic N) is 2. The first-order valence-electron chi connectivity index (χ1n) is 10.0. The summed E-state index contributed by atoms with van der Waals surface area (Å²) in [5.74, 6) is 0.559. The third-order valence-electron chi connectivity index (χ3n) is 5.59. The van der Waals surface area contributed by atoms with Crippen LogP contribution in [0.25, 0.3) is 0 Å². The Kier molecular flexibility index (Phi) is 6.15. The molecule has 0 radical (unpaired) electrons. The third-order valence-corrected chi connectivity index (χ3v) is 7.22. The molecule has 1 amide bonds. The lowest BCUT2D eigenvalue weighted by atomic mass is 10.1. The van der Waals surface area contributed by atoms with E-state index in [9.17, 15) is 26.4 Å². The van der Waals surface area contributed by atoms with Gasteiger partial charge in [-0.3, -0.25) is 9.69 Å². The molecule has 0 spiro atoms. The molecule has 32 heavy (non-hydrogen) atoms. The molecule has 0 atom stereocenters. The number of carbonyl (C=O) groups excluding carboxylic acids is 1. The van der Waals surface area contributed by atoms with E-state index in [4.69, 9.17) is 4.74 Å². The number of alkyl halides is 3. The SMILES string of the molecule is O=C1NCc2c(OCc3ccc(CN4CCN(S(=O)(=O)C(F)(F)F)CC4)cc3)cccc21. The number of nitrogens with one attached hydrogen (secondary N) is 1. The lowest BCUT2D eigenvalue weighted by Crippen LogP contribution is -2.51. The summed E-state index contributed by atoms with van der Waals surface area (Å²) in [6, 6.07) is 13.0. The molecule has 172 valence electrons. The van der Waals surface area contributed by atoms with Crippen LogP contribution in [0.2, 0.25) is 0 Å². The Morgan fingerprint density at radius 2 is 1.62 bits per heavy atom. The molecule has 1 N–H and O–H groups in total. The number of halogens is 3. The topological polar surface area (TPSA) is 79.0 Å². The lowest BCUT2D eigenvalue weighted by molar-refractivity contribution is -0.0500. The summed E-state index contributed by atoms with van der Waals surface area (Å²) in [7, 11) is -5.27. The van der Waals surface area contributed by atoms with Gasteiger partial charge in [-0.05, 0) is 23.3 Å². The molecular weight excluding hydrogens is 447 g/mol. The molecule has 2 aliphatic heterocycles. The average molecular weight is 469 g/mol. The van der Waals surface area contributed by atoms with Crippen LogP contribution in [0.15, 0.2) is 42.5 Å². The first-order chi connectivity index (χ1) is 15.1. The van der Waals surface area contributed by atoms with Crippen molar-refractivity contribution < 1.29 is 31.1 Å². The number of hydrogen-bond donors (Lipinski definition) is 1. The quantitative estimate of drug-likeness (QED) is 0.703. The first kappa shape index (κ1) is 22.6. The van der Waals surface area contributed by atoms with Gasteiger partial charge in [0.25, 0.3) is 5.91 Å². The predicted molar refractivity (Wildman–Crippen MR) is 110 cm³/mol. The van der Waals surface area contributed by atoms with Gasteiger partial charge in [0.05, 0.1) is 0 Å². The van der Waals surface area contributed by atoms with Crippen LogP contribution in [-0.4, -0.2) is 55.2 Å². The number of fused-ring (bicyclic) bond motifs is 1. The maximum absolute atomic E-state index is 12.7. The van der Waals surface area contributed by atoms with Gasteiger partial charge in [0.1, 0.15) is 12.4 Å². The molecule has 0 unspecified atom stereocenters. The van der Waals surface area contributed by atoms with Crippen molar-refractivity contribution in [2.75, 3.05) is 26.2 Å². The van der Waals surface area contributed by atoms with Crippen LogP contribution < -0.4 is 10.1 Å². The molecule has 1 saturated heterocycles. The van der Waals surface area contributed by atoms with Gasteiger partial charge in [0.2, 0.25) is 0 Å². The van der Waals surface area contributed by atoms with E-state index in [1.807, 2.05) is 35.2 Å². The number of sulfonamides is 1. The van der Waals surface area contributed by atoms with Crippen molar-refractivity contribution in [1.29, 1.82) is 0 Å². The average Bonchev–Trinajstić information content (AvgIpc) is 3.14. The van der Waals surface area contributed by atoms with Crippen LogP contribution in [0.3, 0.4) is 0 Å². The van der Waals surface area contributed by atoms with Gasteiger partial charge in [0, 0.05) is 50.4 Å². The number of piperazine rings is 1. The molecule has 2 aliphatic rings. The number of ether oxygens (including phenoxy) is 1. The Morgan fingerprint density at radius 3 is 2.28 bits per heavy atom. The molecule has 0 saturated carbocycles. The Balaban J connectivity index is 1.30. The largest absolute Gasteiger partial charge is 0.511 e. The van der Waals surface area contributed by atoms with Crippen molar-refractivity contribution in [3.05, 3.63) is 64.7 Å². The Hall–Kier alpha value is -2.63. The minimum absolute atomic E-state index is 0.105. The fourth-order valence-electron chi connectivity index (χ4n) is 3.79. The van der Waals surface area contributed by atoms with Crippen molar-refractivity contribution in [2.45, 2.75) is 25.2 Å². The van der Waals surface area contributed by atoms with Crippen LogP contribution in [0.5, 0.6) is 5.75 Å². The van der Waals surface area contributed by atoms with Crippen LogP contribution in [0.4, 0.5) is 13.2 Å². The normalized spacial score (nSPS) is 17.8. The molecule has 0 bridgehead atoms. The lowest BCUT2D eigenvalue weighted by Gasteiger charge is -2.34. The highest BCUT2D eigenvalue weighted by molar-refractivity contribution is 7.90. The Bertz CT molecular complexity index is 1100. The van der Waals surface area contributed by atoms with Crippen LogP contribution >= 0.6 is 0 Å². The van der Waals surface area contributed by atoms with E-state index in [0.29, 0.717) is 35.3 Å². The number of hydrogen-bond acceptors (Lipinski definition) is 5. The second-order valence-corrected chi connectivity index (χ2v) is 9.63. The van der Waals surface area contributed by atoms with E-state index >= 15 is 0 Å². The number of amides is 1. The highest BCUT2D eigenvalue weighted by Gasteiger charge is 2.50. The zero-order valence-corrected chi connectivity index (χ0v) is 17.9. The standard InChI is InChI=1S/C21H22F3N3O4S/c22-21(23,24)32(29,30)27-10-8-26(9-11-27)13-15-4-6-16(7-5-15)14-31-19-3-1-2-17-18(19)12-25-20(17)28/h1-7H,8-14H2,(H,25,28). The van der Waals surface area contributed by atoms with E-state index in [1.54, 1.807) is 12.1 Å². The second kappa shape index (κ2) is 8.72. The minimum atomic E-state index is -5.27. The summed E-state index contributed by atoms with van der Waals surface area (Å²) in [5, 5.41) is 2.77. The maximum Gasteiger partial charge on any atom is 0.511 e. The molecular formula is C21H22F3N3O4S. The highest BCUT2D eigenvalue weighted by atomic mass is 32.2. The van der Waals surface area contributed by atoms with Crippen molar-refractivity contribution in [3.63, 3.8) is 0 Å². The Labute approximate surface area is 183 Å². The second-order valence-electron chi connectivity index (χ2n) is 7.70. The van der Waals surface area contributed by atoms with Crippen molar-refractivity contribution in [3.8, 4) is 5.75 Å². The summed E-state index contributed by atoms with van der Waals surface area (Å²) in [5.41, 5.74) is -1.89. The molecule has 2 aromatic rings. The summed E-state index contributed by atoms with van der Waals surface area (Å²) in [4.78, 5) is 13.7. The first-order valence-corrected chi connectivity index (χ1v) is 11.5. The molecule has 4 rings (SSSR count). The molecule has 0 aromatic heterocycles. The van der Waals surface area contributed by atoms with Crippen LogP contribution in [0.1, 0.15) is 27.0 Å². The number of rotatable bonds is 6. The van der Waals surface area contributed by atoms with E-state index in [2.05, 4.69) is 5.32 Å². The zero-order valence-electron chi connectivity index (χ0n) is 17.1. The molecule has 1 fully saturated rings. The van der Waals surface area contributed by atoms with Gasteiger partial charge < -0.3 is 10.1 Å². The third kappa shape index (κ3) is 4.59.